The molecule has 1 atom stereocenters. The van der Waals surface area contributed by atoms with E-state index < -0.39 is 5.97 Å². The summed E-state index contributed by atoms with van der Waals surface area (Å²) < 4.78 is 0.854. The molecule has 1 unspecified atom stereocenters. The average Bonchev–Trinajstić information content (AvgIpc) is 2.25. The van der Waals surface area contributed by atoms with Gasteiger partial charge >= 0.3 is 5.97 Å². The monoisotopic (exact) mass is 389 g/mol. The molecule has 0 saturated carbocycles. The minimum atomic E-state index is -0.901. The molecule has 1 rings (SSSR count). The molecule has 0 aliphatic rings. The number of rotatable bonds is 5. The smallest absolute Gasteiger partial charge is 0.305 e. The molecule has 2 N–H and O–H groups in total. The molecule has 0 spiro atoms. The lowest BCUT2D eigenvalue weighted by Gasteiger charge is -2.26. The minimum Gasteiger partial charge on any atom is -0.481 e. The Kier molecular flexibility index (Phi) is 5.98. The molecule has 0 saturated heterocycles. The van der Waals surface area contributed by atoms with Crippen LogP contribution in [0.25, 0.3) is 0 Å². The summed E-state index contributed by atoms with van der Waals surface area (Å²) in [6.45, 7) is 6.08. The van der Waals surface area contributed by atoms with Gasteiger partial charge < -0.3 is 10.4 Å². The van der Waals surface area contributed by atoms with Crippen molar-refractivity contribution in [2.75, 3.05) is 0 Å². The van der Waals surface area contributed by atoms with Gasteiger partial charge in [-0.15, -0.1) is 0 Å². The molecule has 0 aliphatic heterocycles. The lowest BCUT2D eigenvalue weighted by atomic mass is 9.87. The van der Waals surface area contributed by atoms with E-state index in [1.807, 2.05) is 32.9 Å². The zero-order valence-electron chi connectivity index (χ0n) is 11.9. The van der Waals surface area contributed by atoms with E-state index in [9.17, 15) is 9.59 Å². The Morgan fingerprint density at radius 3 is 2.40 bits per heavy atom. The number of hydrogen-bond acceptors (Lipinski definition) is 2. The van der Waals surface area contributed by atoms with Crippen molar-refractivity contribution in [1.29, 1.82) is 0 Å². The van der Waals surface area contributed by atoms with Crippen molar-refractivity contribution in [3.05, 3.63) is 33.4 Å². The first-order chi connectivity index (χ1) is 9.19. The van der Waals surface area contributed by atoms with Gasteiger partial charge in [0.15, 0.2) is 0 Å². The second-order valence-corrected chi connectivity index (χ2v) is 7.18. The Hall–Kier alpha value is -1.11. The first-order valence-corrected chi connectivity index (χ1v) is 7.54. The molecule has 5 heteroatoms. The van der Waals surface area contributed by atoms with Gasteiger partial charge in [0.2, 0.25) is 0 Å². The minimum absolute atomic E-state index is 0.0444. The molecule has 1 amide bonds. The van der Waals surface area contributed by atoms with Gasteiger partial charge in [-0.3, -0.25) is 9.59 Å². The molecule has 1 aromatic carbocycles. The summed E-state index contributed by atoms with van der Waals surface area (Å²) in [7, 11) is 0. The summed E-state index contributed by atoms with van der Waals surface area (Å²) in [4.78, 5) is 23.2. The Morgan fingerprint density at radius 1 is 1.30 bits per heavy atom. The third kappa shape index (κ3) is 5.90. The fraction of sp³-hybridized carbons (Fsp3) is 0.467. The largest absolute Gasteiger partial charge is 0.481 e. The maximum Gasteiger partial charge on any atom is 0.305 e. The number of nitrogens with one attached hydrogen (secondary N) is 1. The van der Waals surface area contributed by atoms with Crippen LogP contribution in [0.3, 0.4) is 0 Å². The van der Waals surface area contributed by atoms with E-state index in [-0.39, 0.29) is 23.8 Å². The Balaban J connectivity index is 2.81. The van der Waals surface area contributed by atoms with Crippen LogP contribution < -0.4 is 5.32 Å². The number of carboxylic acid groups (broad SMARTS) is 1. The summed E-state index contributed by atoms with van der Waals surface area (Å²) in [5.74, 6) is -1.12. The van der Waals surface area contributed by atoms with Gasteiger partial charge in [-0.25, -0.2) is 0 Å². The number of carbonyl (C=O) groups is 2. The molecule has 0 aliphatic carbocycles. The molecule has 0 bridgehead atoms. The summed E-state index contributed by atoms with van der Waals surface area (Å²) in [6.07, 6.45) is 0.556. The highest BCUT2D eigenvalue weighted by molar-refractivity contribution is 14.1. The van der Waals surface area contributed by atoms with Crippen molar-refractivity contribution in [3.8, 4) is 0 Å². The van der Waals surface area contributed by atoms with Crippen molar-refractivity contribution in [2.24, 2.45) is 5.41 Å². The van der Waals surface area contributed by atoms with Crippen LogP contribution in [0, 0.1) is 8.99 Å². The van der Waals surface area contributed by atoms with Crippen molar-refractivity contribution in [3.63, 3.8) is 0 Å². The van der Waals surface area contributed by atoms with Crippen molar-refractivity contribution in [1.82, 2.24) is 5.32 Å². The predicted molar refractivity (Wildman–Crippen MR) is 86.7 cm³/mol. The van der Waals surface area contributed by atoms with E-state index in [0.717, 1.165) is 3.57 Å². The SMILES string of the molecule is CC(C)(C)CC(CC(=O)O)NC(=O)c1ccccc1I. The zero-order valence-corrected chi connectivity index (χ0v) is 14.1. The van der Waals surface area contributed by atoms with Crippen LogP contribution in [-0.2, 0) is 4.79 Å². The highest BCUT2D eigenvalue weighted by Gasteiger charge is 2.23. The number of carbonyl (C=O) groups excluding carboxylic acids is 1. The second-order valence-electron chi connectivity index (χ2n) is 6.01. The molecular weight excluding hydrogens is 369 g/mol. The molecule has 0 fully saturated rings. The molecule has 1 aromatic rings. The van der Waals surface area contributed by atoms with E-state index in [1.54, 1.807) is 12.1 Å². The van der Waals surface area contributed by atoms with Crippen molar-refractivity contribution in [2.45, 2.75) is 39.7 Å². The van der Waals surface area contributed by atoms with E-state index in [2.05, 4.69) is 27.9 Å². The molecule has 110 valence electrons. The summed E-state index contributed by atoms with van der Waals surface area (Å²) in [6, 6.07) is 6.89. The van der Waals surface area contributed by atoms with Crippen LogP contribution in [0.5, 0.6) is 0 Å². The van der Waals surface area contributed by atoms with Crippen LogP contribution in [0.15, 0.2) is 24.3 Å². The first-order valence-electron chi connectivity index (χ1n) is 6.46. The molecule has 0 aromatic heterocycles. The fourth-order valence-electron chi connectivity index (χ4n) is 2.03. The molecule has 0 heterocycles. The second kappa shape index (κ2) is 7.06. The zero-order chi connectivity index (χ0) is 15.3. The first kappa shape index (κ1) is 16.9. The maximum atomic E-state index is 12.2. The number of carboxylic acids is 1. The number of hydrogen-bond donors (Lipinski definition) is 2. The Bertz CT molecular complexity index is 494. The highest BCUT2D eigenvalue weighted by Crippen LogP contribution is 2.22. The van der Waals surface area contributed by atoms with Crippen LogP contribution in [-0.4, -0.2) is 23.0 Å². The molecular formula is C15H20INO3. The van der Waals surface area contributed by atoms with Gasteiger partial charge in [-0.1, -0.05) is 32.9 Å². The summed E-state index contributed by atoms with van der Waals surface area (Å²) >= 11 is 2.10. The standard InChI is InChI=1S/C15H20INO3/c1-15(2,3)9-10(8-13(18)19)17-14(20)11-6-4-5-7-12(11)16/h4-7,10H,8-9H2,1-3H3,(H,17,20)(H,18,19). The van der Waals surface area contributed by atoms with Gasteiger partial charge in [0.1, 0.15) is 0 Å². The Labute approximate surface area is 133 Å². The fourth-order valence-corrected chi connectivity index (χ4v) is 2.67. The molecule has 0 radical (unpaired) electrons. The van der Waals surface area contributed by atoms with Gasteiger partial charge in [0.25, 0.3) is 5.91 Å². The number of amides is 1. The lowest BCUT2D eigenvalue weighted by molar-refractivity contribution is -0.137. The van der Waals surface area contributed by atoms with E-state index in [4.69, 9.17) is 5.11 Å². The van der Waals surface area contributed by atoms with Crippen molar-refractivity contribution >= 4 is 34.5 Å². The molecule has 20 heavy (non-hydrogen) atoms. The van der Waals surface area contributed by atoms with E-state index >= 15 is 0 Å². The highest BCUT2D eigenvalue weighted by atomic mass is 127. The predicted octanol–water partition coefficient (Wildman–Crippen LogP) is 3.30. The summed E-state index contributed by atoms with van der Waals surface area (Å²) in [5, 5.41) is 11.8. The molecule has 4 nitrogen and oxygen atoms in total. The van der Waals surface area contributed by atoms with Crippen LogP contribution in [0.4, 0.5) is 0 Å². The number of halogens is 1. The number of benzene rings is 1. The third-order valence-electron chi connectivity index (χ3n) is 2.73. The third-order valence-corrected chi connectivity index (χ3v) is 3.67. The normalized spacial score (nSPS) is 12.8. The lowest BCUT2D eigenvalue weighted by Crippen LogP contribution is -2.39. The summed E-state index contributed by atoms with van der Waals surface area (Å²) in [5.41, 5.74) is 0.537. The van der Waals surface area contributed by atoms with E-state index in [0.29, 0.717) is 12.0 Å². The average molecular weight is 389 g/mol. The quantitative estimate of drug-likeness (QED) is 0.760. The van der Waals surface area contributed by atoms with Crippen molar-refractivity contribution < 1.29 is 14.7 Å². The topological polar surface area (TPSA) is 66.4 Å². The number of aliphatic carboxylic acids is 1. The van der Waals surface area contributed by atoms with Crippen LogP contribution >= 0.6 is 22.6 Å². The van der Waals surface area contributed by atoms with Gasteiger partial charge in [0, 0.05) is 9.61 Å². The Morgan fingerprint density at radius 2 is 1.90 bits per heavy atom. The van der Waals surface area contributed by atoms with Gasteiger partial charge in [0.05, 0.1) is 12.0 Å². The van der Waals surface area contributed by atoms with E-state index in [1.165, 1.54) is 0 Å². The van der Waals surface area contributed by atoms with Crippen LogP contribution in [0.1, 0.15) is 44.0 Å². The van der Waals surface area contributed by atoms with Gasteiger partial charge in [-0.2, -0.15) is 0 Å². The van der Waals surface area contributed by atoms with Crippen LogP contribution in [0.2, 0.25) is 0 Å². The van der Waals surface area contributed by atoms with Gasteiger partial charge in [-0.05, 0) is 46.6 Å². The maximum absolute atomic E-state index is 12.2.